The zero-order chi connectivity index (χ0) is 25.8. The van der Waals surface area contributed by atoms with Crippen molar-refractivity contribution < 1.29 is 23.2 Å². The predicted molar refractivity (Wildman–Crippen MR) is 141 cm³/mol. The molecular formula is C26H28ClN3O5S. The molecule has 0 amide bonds. The standard InChI is InChI=1S/C26H28ClN3O5S/c27-22-12-14-23(15-13-22)36(33,34)30-24-10-6-8-21(26(24)20-9-7-16-28-18-20)19-29-35-17-5-3-1-2-4-11-25(31)32/h6-10,12-16,18-19,30H,1-5,11,17H2,(H,31,32). The molecule has 36 heavy (non-hydrogen) atoms. The lowest BCUT2D eigenvalue weighted by atomic mass is 10.00. The number of nitrogens with one attached hydrogen (secondary N) is 1. The van der Waals surface area contributed by atoms with E-state index in [0.29, 0.717) is 34.9 Å². The first-order valence-corrected chi connectivity index (χ1v) is 13.4. The topological polar surface area (TPSA) is 118 Å². The van der Waals surface area contributed by atoms with E-state index in [2.05, 4.69) is 14.9 Å². The van der Waals surface area contributed by atoms with Crippen molar-refractivity contribution in [2.75, 3.05) is 11.3 Å². The number of oxime groups is 1. The summed E-state index contributed by atoms with van der Waals surface area (Å²) in [7, 11) is -3.86. The number of unbranched alkanes of at least 4 members (excludes halogenated alkanes) is 4. The molecule has 0 bridgehead atoms. The normalized spacial score (nSPS) is 11.5. The summed E-state index contributed by atoms with van der Waals surface area (Å²) in [5.74, 6) is -0.764. The molecule has 0 radical (unpaired) electrons. The molecule has 0 aliphatic heterocycles. The first-order chi connectivity index (χ1) is 17.4. The fourth-order valence-corrected chi connectivity index (χ4v) is 4.73. The lowest BCUT2D eigenvalue weighted by Gasteiger charge is -2.15. The van der Waals surface area contributed by atoms with Crippen molar-refractivity contribution in [3.05, 3.63) is 77.6 Å². The molecule has 0 aliphatic carbocycles. The molecule has 0 aliphatic rings. The zero-order valence-electron chi connectivity index (χ0n) is 19.6. The minimum absolute atomic E-state index is 0.0920. The predicted octanol–water partition coefficient (Wildman–Crippen LogP) is 5.98. The highest BCUT2D eigenvalue weighted by Gasteiger charge is 2.18. The molecule has 2 N–H and O–H groups in total. The number of aliphatic carboxylic acids is 1. The number of carboxylic acid groups (broad SMARTS) is 1. The lowest BCUT2D eigenvalue weighted by molar-refractivity contribution is -0.137. The molecule has 0 spiro atoms. The number of pyridine rings is 1. The number of halogens is 1. The van der Waals surface area contributed by atoms with Crippen LogP contribution >= 0.6 is 11.6 Å². The number of hydrogen-bond acceptors (Lipinski definition) is 6. The smallest absolute Gasteiger partial charge is 0.303 e. The van der Waals surface area contributed by atoms with Crippen molar-refractivity contribution in [3.8, 4) is 11.1 Å². The van der Waals surface area contributed by atoms with Crippen LogP contribution in [0.2, 0.25) is 5.02 Å². The van der Waals surface area contributed by atoms with Crippen molar-refractivity contribution in [3.63, 3.8) is 0 Å². The van der Waals surface area contributed by atoms with Crippen molar-refractivity contribution in [2.45, 2.75) is 43.4 Å². The highest BCUT2D eigenvalue weighted by molar-refractivity contribution is 7.92. The fraction of sp³-hybridized carbons (Fsp3) is 0.269. The van der Waals surface area contributed by atoms with Gasteiger partial charge in [0.1, 0.15) is 6.61 Å². The van der Waals surface area contributed by atoms with Gasteiger partial charge in [-0.05, 0) is 55.7 Å². The second kappa shape index (κ2) is 13.6. The SMILES string of the molecule is O=C(O)CCCCCCCON=Cc1cccc(NS(=O)(=O)c2ccc(Cl)cc2)c1-c1cccnc1. The molecule has 1 heterocycles. The largest absolute Gasteiger partial charge is 0.481 e. The Labute approximate surface area is 216 Å². The Bertz CT molecular complexity index is 1270. The Morgan fingerprint density at radius 2 is 1.78 bits per heavy atom. The molecule has 8 nitrogen and oxygen atoms in total. The Balaban J connectivity index is 1.70. The van der Waals surface area contributed by atoms with E-state index >= 15 is 0 Å². The molecule has 3 rings (SSSR count). The van der Waals surface area contributed by atoms with Gasteiger partial charge < -0.3 is 9.94 Å². The highest BCUT2D eigenvalue weighted by atomic mass is 35.5. The van der Waals surface area contributed by atoms with Gasteiger partial charge in [-0.1, -0.05) is 47.8 Å². The summed E-state index contributed by atoms with van der Waals surface area (Å²) < 4.78 is 28.7. The fourth-order valence-electron chi connectivity index (χ4n) is 3.53. The number of hydrogen-bond donors (Lipinski definition) is 2. The van der Waals surface area contributed by atoms with Crippen LogP contribution < -0.4 is 4.72 Å². The number of rotatable bonds is 14. The number of anilines is 1. The number of carbonyl (C=O) groups is 1. The number of aromatic nitrogens is 1. The van der Waals surface area contributed by atoms with Crippen LogP contribution in [0.3, 0.4) is 0 Å². The van der Waals surface area contributed by atoms with Crippen molar-refractivity contribution in [1.82, 2.24) is 4.98 Å². The van der Waals surface area contributed by atoms with Gasteiger partial charge in [-0.2, -0.15) is 0 Å². The summed E-state index contributed by atoms with van der Waals surface area (Å²) in [5.41, 5.74) is 2.37. The van der Waals surface area contributed by atoms with Crippen molar-refractivity contribution >= 4 is 39.5 Å². The molecule has 2 aromatic carbocycles. The van der Waals surface area contributed by atoms with Crippen LogP contribution in [-0.2, 0) is 19.7 Å². The maximum Gasteiger partial charge on any atom is 0.303 e. The maximum absolute atomic E-state index is 13.0. The summed E-state index contributed by atoms with van der Waals surface area (Å²) in [6.07, 6.45) is 9.29. The molecule has 1 aromatic heterocycles. The van der Waals surface area contributed by atoms with Gasteiger partial charge in [0.05, 0.1) is 16.8 Å². The van der Waals surface area contributed by atoms with Crippen LogP contribution in [0.15, 0.2) is 77.0 Å². The maximum atomic E-state index is 13.0. The summed E-state index contributed by atoms with van der Waals surface area (Å²) >= 11 is 5.90. The minimum atomic E-state index is -3.86. The van der Waals surface area contributed by atoms with Crippen LogP contribution in [0.25, 0.3) is 11.1 Å². The van der Waals surface area contributed by atoms with Crippen molar-refractivity contribution in [2.24, 2.45) is 5.16 Å². The molecule has 0 fully saturated rings. The molecule has 10 heteroatoms. The Hall–Kier alpha value is -3.43. The molecule has 0 saturated carbocycles. The van der Waals surface area contributed by atoms with Crippen molar-refractivity contribution in [1.29, 1.82) is 0 Å². The van der Waals surface area contributed by atoms with E-state index in [4.69, 9.17) is 21.5 Å². The monoisotopic (exact) mass is 529 g/mol. The van der Waals surface area contributed by atoms with Gasteiger partial charge in [0.25, 0.3) is 10.0 Å². The quantitative estimate of drug-likeness (QED) is 0.151. The first kappa shape index (κ1) is 27.2. The van der Waals surface area contributed by atoms with E-state index in [0.717, 1.165) is 31.2 Å². The van der Waals surface area contributed by atoms with Crippen LogP contribution in [-0.4, -0.2) is 37.3 Å². The van der Waals surface area contributed by atoms with E-state index in [1.807, 2.05) is 12.1 Å². The number of benzene rings is 2. The van der Waals surface area contributed by atoms with Crippen LogP contribution in [0.1, 0.15) is 44.1 Å². The summed E-state index contributed by atoms with van der Waals surface area (Å²) in [6, 6.07) is 14.8. The van der Waals surface area contributed by atoms with E-state index in [-0.39, 0.29) is 11.3 Å². The molecule has 0 unspecified atom stereocenters. The second-order valence-electron chi connectivity index (χ2n) is 8.05. The van der Waals surface area contributed by atoms with Gasteiger partial charge in [-0.25, -0.2) is 8.42 Å². The highest BCUT2D eigenvalue weighted by Crippen LogP contribution is 2.32. The zero-order valence-corrected chi connectivity index (χ0v) is 21.2. The van der Waals surface area contributed by atoms with E-state index in [9.17, 15) is 13.2 Å². The second-order valence-corrected chi connectivity index (χ2v) is 10.2. The third-order valence-corrected chi connectivity index (χ3v) is 6.94. The third kappa shape index (κ3) is 8.35. The number of nitrogens with zero attached hydrogens (tertiary/aromatic N) is 2. The van der Waals surface area contributed by atoms with Gasteiger partial charge in [-0.3, -0.25) is 14.5 Å². The van der Waals surface area contributed by atoms with E-state index < -0.39 is 16.0 Å². The number of sulfonamides is 1. The lowest BCUT2D eigenvalue weighted by Crippen LogP contribution is -2.14. The number of carboxylic acids is 1. The Morgan fingerprint density at radius 1 is 1.03 bits per heavy atom. The van der Waals surface area contributed by atoms with Gasteiger partial charge in [-0.15, -0.1) is 0 Å². The van der Waals surface area contributed by atoms with Crippen LogP contribution in [0.5, 0.6) is 0 Å². The van der Waals surface area contributed by atoms with Gasteiger partial charge in [0.15, 0.2) is 0 Å². The van der Waals surface area contributed by atoms with Crippen LogP contribution in [0, 0.1) is 0 Å². The third-order valence-electron chi connectivity index (χ3n) is 5.31. The molecule has 3 aromatic rings. The molecule has 190 valence electrons. The van der Waals surface area contributed by atoms with Gasteiger partial charge in [0.2, 0.25) is 0 Å². The van der Waals surface area contributed by atoms with Gasteiger partial charge in [0, 0.05) is 40.5 Å². The van der Waals surface area contributed by atoms with E-state index in [1.165, 1.54) is 24.3 Å². The summed E-state index contributed by atoms with van der Waals surface area (Å²) in [5, 5.41) is 13.2. The average molecular weight is 530 g/mol. The molecule has 0 saturated heterocycles. The summed E-state index contributed by atoms with van der Waals surface area (Å²) in [4.78, 5) is 20.2. The van der Waals surface area contributed by atoms with Gasteiger partial charge >= 0.3 is 5.97 Å². The Morgan fingerprint density at radius 3 is 2.50 bits per heavy atom. The Kier molecular flexibility index (Phi) is 10.3. The first-order valence-electron chi connectivity index (χ1n) is 11.6. The minimum Gasteiger partial charge on any atom is -0.481 e. The average Bonchev–Trinajstić information content (AvgIpc) is 2.85. The summed E-state index contributed by atoms with van der Waals surface area (Å²) in [6.45, 7) is 0.431. The van der Waals surface area contributed by atoms with E-state index in [1.54, 1.807) is 36.8 Å². The van der Waals surface area contributed by atoms with Crippen LogP contribution in [0.4, 0.5) is 5.69 Å². The molecular weight excluding hydrogens is 502 g/mol. The molecule has 0 atom stereocenters.